The summed E-state index contributed by atoms with van der Waals surface area (Å²) < 4.78 is 0. The fourth-order valence-corrected chi connectivity index (χ4v) is 3.25. The largest absolute Gasteiger partial charge is 0.480 e. The molecule has 1 heterocycles. The van der Waals surface area contributed by atoms with Crippen LogP contribution in [0.5, 0.6) is 0 Å². The maximum absolute atomic E-state index is 12.6. The lowest BCUT2D eigenvalue weighted by Gasteiger charge is -2.25. The van der Waals surface area contributed by atoms with Crippen LogP contribution in [-0.2, 0) is 20.8 Å². The molecule has 30 heavy (non-hydrogen) atoms. The number of carbonyl (C=O) groups excluding carboxylic acids is 2. The molecule has 2 aromatic rings. The van der Waals surface area contributed by atoms with E-state index >= 15 is 0 Å². The van der Waals surface area contributed by atoms with Crippen molar-refractivity contribution in [2.45, 2.75) is 57.8 Å². The van der Waals surface area contributed by atoms with Crippen LogP contribution in [0.3, 0.4) is 0 Å². The summed E-state index contributed by atoms with van der Waals surface area (Å²) in [6, 6.07) is 4.22. The number of nitrogens with one attached hydrogen (secondary N) is 3. The van der Waals surface area contributed by atoms with Crippen LogP contribution < -0.4 is 16.4 Å². The number of rotatable bonds is 10. The van der Waals surface area contributed by atoms with Gasteiger partial charge in [0.1, 0.15) is 12.1 Å². The van der Waals surface area contributed by atoms with Crippen LogP contribution in [0.15, 0.2) is 30.5 Å². The van der Waals surface area contributed by atoms with Gasteiger partial charge in [0.25, 0.3) is 0 Å². The summed E-state index contributed by atoms with van der Waals surface area (Å²) in [5.41, 5.74) is 7.81. The zero-order chi connectivity index (χ0) is 22.4. The number of carboxylic acid groups (broad SMARTS) is 1. The first-order valence-corrected chi connectivity index (χ1v) is 9.92. The molecule has 0 aliphatic heterocycles. The molecule has 1 aromatic carbocycles. The molecule has 0 spiro atoms. The third-order valence-corrected chi connectivity index (χ3v) is 4.84. The molecule has 1 aromatic heterocycles. The smallest absolute Gasteiger partial charge is 0.326 e. The van der Waals surface area contributed by atoms with Crippen LogP contribution in [0.4, 0.5) is 0 Å². The Labute approximate surface area is 175 Å². The highest BCUT2D eigenvalue weighted by atomic mass is 16.4. The Bertz CT molecular complexity index is 892. The number of aliphatic hydroxyl groups is 1. The second-order valence-electron chi connectivity index (χ2n) is 7.93. The third kappa shape index (κ3) is 6.04. The average molecular weight is 418 g/mol. The summed E-state index contributed by atoms with van der Waals surface area (Å²) in [6.45, 7) is 5.01. The molecule has 0 fully saturated rings. The van der Waals surface area contributed by atoms with Gasteiger partial charge in [-0.25, -0.2) is 4.79 Å². The minimum absolute atomic E-state index is 0.0376. The number of fused-ring (bicyclic) bond motifs is 1. The summed E-state index contributed by atoms with van der Waals surface area (Å²) >= 11 is 0. The van der Waals surface area contributed by atoms with Crippen molar-refractivity contribution in [1.82, 2.24) is 15.6 Å². The van der Waals surface area contributed by atoms with Crippen molar-refractivity contribution in [3.63, 3.8) is 0 Å². The zero-order valence-corrected chi connectivity index (χ0v) is 17.4. The summed E-state index contributed by atoms with van der Waals surface area (Å²) in [7, 11) is 0. The summed E-state index contributed by atoms with van der Waals surface area (Å²) in [4.78, 5) is 39.6. The number of aliphatic hydroxyl groups excluding tert-OH is 1. The number of benzene rings is 1. The standard InChI is InChI=1S/C21H30N4O5/c1-11(2)8-17(21(29)30)24-20(28)18(12(3)26)25-19(27)15(22)9-13-10-23-16-7-5-4-6-14(13)16/h4-7,10-12,15,17-18,23,26H,8-9,22H2,1-3H3,(H,24,28)(H,25,27)(H,29,30). The van der Waals surface area contributed by atoms with Crippen molar-refractivity contribution >= 4 is 28.7 Å². The molecule has 4 unspecified atom stereocenters. The number of aliphatic carboxylic acids is 1. The summed E-state index contributed by atoms with van der Waals surface area (Å²) in [6.07, 6.45) is 0.999. The number of carbonyl (C=O) groups is 3. The highest BCUT2D eigenvalue weighted by molar-refractivity contribution is 5.92. The second kappa shape index (κ2) is 10.2. The van der Waals surface area contributed by atoms with E-state index in [1.165, 1.54) is 6.92 Å². The first-order chi connectivity index (χ1) is 14.1. The van der Waals surface area contributed by atoms with E-state index in [2.05, 4.69) is 15.6 Å². The first kappa shape index (κ1) is 23.4. The van der Waals surface area contributed by atoms with E-state index in [1.54, 1.807) is 6.20 Å². The van der Waals surface area contributed by atoms with Gasteiger partial charge in [0, 0.05) is 17.1 Å². The molecule has 9 nitrogen and oxygen atoms in total. The first-order valence-electron chi connectivity index (χ1n) is 9.92. The molecule has 0 radical (unpaired) electrons. The van der Waals surface area contributed by atoms with Gasteiger partial charge in [0.15, 0.2) is 0 Å². The number of H-pyrrole nitrogens is 1. The van der Waals surface area contributed by atoms with Crippen LogP contribution in [0.2, 0.25) is 0 Å². The van der Waals surface area contributed by atoms with Gasteiger partial charge in [0.05, 0.1) is 12.1 Å². The van der Waals surface area contributed by atoms with E-state index < -0.39 is 42.0 Å². The van der Waals surface area contributed by atoms with Gasteiger partial charge in [-0.3, -0.25) is 9.59 Å². The molecular formula is C21H30N4O5. The van der Waals surface area contributed by atoms with Gasteiger partial charge >= 0.3 is 5.97 Å². The SMILES string of the molecule is CC(C)CC(NC(=O)C(NC(=O)C(N)Cc1c[nH]c2ccccc12)C(C)O)C(=O)O. The third-order valence-electron chi connectivity index (χ3n) is 4.84. The van der Waals surface area contributed by atoms with Crippen molar-refractivity contribution in [2.24, 2.45) is 11.7 Å². The number of amides is 2. The van der Waals surface area contributed by atoms with Crippen molar-refractivity contribution in [2.75, 3.05) is 0 Å². The number of carboxylic acids is 1. The molecule has 4 atom stereocenters. The monoisotopic (exact) mass is 418 g/mol. The Kier molecular flexibility index (Phi) is 7.96. The Morgan fingerprint density at radius 2 is 1.77 bits per heavy atom. The number of hydrogen-bond acceptors (Lipinski definition) is 5. The molecule has 0 saturated carbocycles. The molecule has 0 aliphatic carbocycles. The average Bonchev–Trinajstić information content (AvgIpc) is 3.07. The predicted molar refractivity (Wildman–Crippen MR) is 113 cm³/mol. The van der Waals surface area contributed by atoms with E-state index in [1.807, 2.05) is 38.1 Å². The maximum atomic E-state index is 12.6. The predicted octanol–water partition coefficient (Wildman–Crippen LogP) is 0.519. The van der Waals surface area contributed by atoms with Gasteiger partial charge in [-0.15, -0.1) is 0 Å². The van der Waals surface area contributed by atoms with Crippen molar-refractivity contribution in [3.05, 3.63) is 36.0 Å². The minimum Gasteiger partial charge on any atom is -0.480 e. The zero-order valence-electron chi connectivity index (χ0n) is 17.4. The Morgan fingerprint density at radius 1 is 1.10 bits per heavy atom. The molecule has 0 bridgehead atoms. The van der Waals surface area contributed by atoms with Crippen LogP contribution in [0.1, 0.15) is 32.8 Å². The fourth-order valence-electron chi connectivity index (χ4n) is 3.25. The lowest BCUT2D eigenvalue weighted by Crippen LogP contribution is -2.58. The van der Waals surface area contributed by atoms with Gasteiger partial charge in [-0.2, -0.15) is 0 Å². The van der Waals surface area contributed by atoms with Gasteiger partial charge in [0.2, 0.25) is 11.8 Å². The molecule has 0 aliphatic rings. The number of hydrogen-bond donors (Lipinski definition) is 6. The number of para-hydroxylation sites is 1. The van der Waals surface area contributed by atoms with E-state index in [9.17, 15) is 24.6 Å². The normalized spacial score (nSPS) is 15.4. The minimum atomic E-state index is -1.32. The lowest BCUT2D eigenvalue weighted by molar-refractivity contribution is -0.143. The Balaban J connectivity index is 2.04. The van der Waals surface area contributed by atoms with Crippen LogP contribution >= 0.6 is 0 Å². The molecule has 2 rings (SSSR count). The number of aromatic nitrogens is 1. The Morgan fingerprint density at radius 3 is 2.37 bits per heavy atom. The van der Waals surface area contributed by atoms with Crippen LogP contribution in [0.25, 0.3) is 10.9 Å². The summed E-state index contributed by atoms with van der Waals surface area (Å²) in [5.74, 6) is -2.53. The van der Waals surface area contributed by atoms with E-state index in [-0.39, 0.29) is 18.8 Å². The highest BCUT2D eigenvalue weighted by Gasteiger charge is 2.31. The molecule has 7 N–H and O–H groups in total. The maximum Gasteiger partial charge on any atom is 0.326 e. The van der Waals surface area contributed by atoms with Gasteiger partial charge in [-0.05, 0) is 37.3 Å². The van der Waals surface area contributed by atoms with Crippen molar-refractivity contribution in [1.29, 1.82) is 0 Å². The topological polar surface area (TPSA) is 158 Å². The van der Waals surface area contributed by atoms with E-state index in [4.69, 9.17) is 5.73 Å². The van der Waals surface area contributed by atoms with Gasteiger partial charge in [-0.1, -0.05) is 32.0 Å². The highest BCUT2D eigenvalue weighted by Crippen LogP contribution is 2.18. The second-order valence-corrected chi connectivity index (χ2v) is 7.93. The Hall–Kier alpha value is -2.91. The van der Waals surface area contributed by atoms with Crippen molar-refractivity contribution in [3.8, 4) is 0 Å². The molecular weight excluding hydrogens is 388 g/mol. The van der Waals surface area contributed by atoms with Crippen LogP contribution in [0, 0.1) is 5.92 Å². The molecule has 164 valence electrons. The van der Waals surface area contributed by atoms with Crippen molar-refractivity contribution < 1.29 is 24.6 Å². The van der Waals surface area contributed by atoms with Gasteiger partial charge < -0.3 is 31.6 Å². The molecule has 0 saturated heterocycles. The van der Waals surface area contributed by atoms with Crippen LogP contribution in [-0.4, -0.2) is 57.2 Å². The quantitative estimate of drug-likeness (QED) is 0.330. The lowest BCUT2D eigenvalue weighted by atomic mass is 10.0. The number of aromatic amines is 1. The van der Waals surface area contributed by atoms with E-state index in [0.29, 0.717) is 0 Å². The fraction of sp³-hybridized carbons (Fsp3) is 0.476. The summed E-state index contributed by atoms with van der Waals surface area (Å²) in [5, 5.41) is 25.1. The molecule has 9 heteroatoms. The van der Waals surface area contributed by atoms with E-state index in [0.717, 1.165) is 16.5 Å². The number of nitrogens with two attached hydrogens (primary N) is 1. The molecule has 2 amide bonds.